The lowest BCUT2D eigenvalue weighted by Gasteiger charge is -2.09. The van der Waals surface area contributed by atoms with Gasteiger partial charge >= 0.3 is 0 Å². The quantitative estimate of drug-likeness (QED) is 0.610. The molecule has 3 rings (SSSR count). The summed E-state index contributed by atoms with van der Waals surface area (Å²) >= 11 is 0. The summed E-state index contributed by atoms with van der Waals surface area (Å²) in [6, 6.07) is 14.3. The van der Waals surface area contributed by atoms with E-state index < -0.39 is 0 Å². The first kappa shape index (κ1) is 19.0. The molecule has 2 amide bonds. The van der Waals surface area contributed by atoms with E-state index in [0.29, 0.717) is 18.0 Å². The molecule has 0 saturated heterocycles. The Balaban J connectivity index is 1.50. The summed E-state index contributed by atoms with van der Waals surface area (Å²) in [6.45, 7) is 2.37. The summed E-state index contributed by atoms with van der Waals surface area (Å²) in [7, 11) is 0. The van der Waals surface area contributed by atoms with Crippen molar-refractivity contribution in [3.8, 4) is 11.4 Å². The first-order valence-corrected chi connectivity index (χ1v) is 8.76. The summed E-state index contributed by atoms with van der Waals surface area (Å²) in [4.78, 5) is 23.6. The molecule has 3 aromatic rings. The maximum atomic E-state index is 12.2. The minimum absolute atomic E-state index is 0.0415. The molecule has 0 aliphatic carbocycles. The number of rotatable bonds is 8. The standard InChI is InChI=1S/C19H20N6O3/c1-2-20-19(27)12-28-17-9-5-15(6-10-17)22-18(26)11-14-3-7-16(8-4-14)25-13-21-23-24-25/h3-10,13H,2,11-12H2,1H3,(H,20,27)(H,22,26). The SMILES string of the molecule is CCNC(=O)COc1ccc(NC(=O)Cc2ccc(-n3cnnn3)cc2)cc1. The van der Waals surface area contributed by atoms with Crippen molar-refractivity contribution < 1.29 is 14.3 Å². The Morgan fingerprint density at radius 3 is 2.43 bits per heavy atom. The van der Waals surface area contributed by atoms with Crippen molar-refractivity contribution >= 4 is 17.5 Å². The van der Waals surface area contributed by atoms with Gasteiger partial charge in [-0.2, -0.15) is 0 Å². The van der Waals surface area contributed by atoms with Crippen molar-refractivity contribution in [3.05, 3.63) is 60.4 Å². The normalized spacial score (nSPS) is 10.3. The van der Waals surface area contributed by atoms with E-state index in [1.165, 1.54) is 6.33 Å². The second-order valence-electron chi connectivity index (χ2n) is 5.91. The van der Waals surface area contributed by atoms with E-state index >= 15 is 0 Å². The largest absolute Gasteiger partial charge is 0.484 e. The zero-order valence-electron chi connectivity index (χ0n) is 15.3. The van der Waals surface area contributed by atoms with E-state index in [2.05, 4.69) is 26.2 Å². The molecule has 0 bridgehead atoms. The van der Waals surface area contributed by atoms with Crippen LogP contribution in [0.1, 0.15) is 12.5 Å². The minimum atomic E-state index is -0.175. The predicted molar refractivity (Wildman–Crippen MR) is 102 cm³/mol. The summed E-state index contributed by atoms with van der Waals surface area (Å²) in [5, 5.41) is 16.5. The molecular weight excluding hydrogens is 360 g/mol. The molecule has 1 aromatic heterocycles. The fourth-order valence-electron chi connectivity index (χ4n) is 2.47. The van der Waals surface area contributed by atoms with Crippen molar-refractivity contribution in [2.24, 2.45) is 0 Å². The Labute approximate surface area is 161 Å². The monoisotopic (exact) mass is 380 g/mol. The highest BCUT2D eigenvalue weighted by atomic mass is 16.5. The van der Waals surface area contributed by atoms with Gasteiger partial charge in [-0.15, -0.1) is 5.10 Å². The van der Waals surface area contributed by atoms with Gasteiger partial charge < -0.3 is 15.4 Å². The Morgan fingerprint density at radius 1 is 1.04 bits per heavy atom. The molecule has 9 nitrogen and oxygen atoms in total. The lowest BCUT2D eigenvalue weighted by atomic mass is 10.1. The molecule has 0 fully saturated rings. The average molecular weight is 380 g/mol. The molecule has 2 aromatic carbocycles. The highest BCUT2D eigenvalue weighted by molar-refractivity contribution is 5.92. The van der Waals surface area contributed by atoms with Crippen LogP contribution in [-0.4, -0.2) is 45.2 Å². The van der Waals surface area contributed by atoms with Crippen molar-refractivity contribution in [1.82, 2.24) is 25.5 Å². The number of anilines is 1. The van der Waals surface area contributed by atoms with E-state index in [0.717, 1.165) is 11.3 Å². The number of carbonyl (C=O) groups is 2. The highest BCUT2D eigenvalue weighted by Crippen LogP contribution is 2.16. The Hall–Kier alpha value is -3.75. The number of carbonyl (C=O) groups excluding carboxylic acids is 2. The van der Waals surface area contributed by atoms with Crippen molar-refractivity contribution in [2.75, 3.05) is 18.5 Å². The molecule has 0 aliphatic heterocycles. The van der Waals surface area contributed by atoms with Crippen LogP contribution in [-0.2, 0) is 16.0 Å². The van der Waals surface area contributed by atoms with Crippen LogP contribution in [0.4, 0.5) is 5.69 Å². The maximum Gasteiger partial charge on any atom is 0.257 e. The molecule has 28 heavy (non-hydrogen) atoms. The fraction of sp³-hybridized carbons (Fsp3) is 0.211. The average Bonchev–Trinajstić information content (AvgIpc) is 3.23. The van der Waals surface area contributed by atoms with Gasteiger partial charge in [0.25, 0.3) is 5.91 Å². The van der Waals surface area contributed by atoms with Gasteiger partial charge in [0.1, 0.15) is 12.1 Å². The molecule has 1 heterocycles. The smallest absolute Gasteiger partial charge is 0.257 e. The van der Waals surface area contributed by atoms with Crippen LogP contribution in [0.15, 0.2) is 54.9 Å². The third-order valence-corrected chi connectivity index (χ3v) is 3.80. The van der Waals surface area contributed by atoms with Gasteiger partial charge in [0, 0.05) is 12.2 Å². The van der Waals surface area contributed by atoms with Crippen molar-refractivity contribution in [1.29, 1.82) is 0 Å². The topological polar surface area (TPSA) is 111 Å². The Bertz CT molecular complexity index is 908. The zero-order chi connectivity index (χ0) is 19.8. The molecule has 2 N–H and O–H groups in total. The van der Waals surface area contributed by atoms with Gasteiger partial charge in [-0.1, -0.05) is 12.1 Å². The molecule has 0 spiro atoms. The van der Waals surface area contributed by atoms with E-state index in [4.69, 9.17) is 4.74 Å². The third-order valence-electron chi connectivity index (χ3n) is 3.80. The number of likely N-dealkylation sites (N-methyl/N-ethyl adjacent to an activating group) is 1. The van der Waals surface area contributed by atoms with E-state index in [1.54, 1.807) is 28.9 Å². The van der Waals surface area contributed by atoms with Crippen molar-refractivity contribution in [2.45, 2.75) is 13.3 Å². The van der Waals surface area contributed by atoms with Gasteiger partial charge in [0.2, 0.25) is 5.91 Å². The molecule has 0 saturated carbocycles. The molecule has 0 atom stereocenters. The van der Waals surface area contributed by atoms with Crippen LogP contribution in [0.25, 0.3) is 5.69 Å². The maximum absolute atomic E-state index is 12.2. The molecule has 9 heteroatoms. The molecule has 0 aliphatic rings. The van der Waals surface area contributed by atoms with Crippen LogP contribution >= 0.6 is 0 Å². The van der Waals surface area contributed by atoms with E-state index in [1.807, 2.05) is 31.2 Å². The molecule has 0 radical (unpaired) electrons. The first-order valence-electron chi connectivity index (χ1n) is 8.76. The number of ether oxygens (including phenoxy) is 1. The molecule has 144 valence electrons. The Morgan fingerprint density at radius 2 is 1.79 bits per heavy atom. The second kappa shape index (κ2) is 9.26. The number of hydrogen-bond donors (Lipinski definition) is 2. The van der Waals surface area contributed by atoms with Gasteiger partial charge in [0.05, 0.1) is 12.1 Å². The van der Waals surface area contributed by atoms with Crippen LogP contribution < -0.4 is 15.4 Å². The van der Waals surface area contributed by atoms with Gasteiger partial charge in [0.15, 0.2) is 6.61 Å². The van der Waals surface area contributed by atoms with Gasteiger partial charge in [-0.3, -0.25) is 9.59 Å². The fourth-order valence-corrected chi connectivity index (χ4v) is 2.47. The van der Waals surface area contributed by atoms with Crippen LogP contribution in [0, 0.1) is 0 Å². The number of nitrogens with one attached hydrogen (secondary N) is 2. The van der Waals surface area contributed by atoms with E-state index in [9.17, 15) is 9.59 Å². The molecule has 0 unspecified atom stereocenters. The minimum Gasteiger partial charge on any atom is -0.484 e. The van der Waals surface area contributed by atoms with Crippen LogP contribution in [0.5, 0.6) is 5.75 Å². The third kappa shape index (κ3) is 5.37. The molecular formula is C19H20N6O3. The number of tetrazole rings is 1. The van der Waals surface area contributed by atoms with Gasteiger partial charge in [-0.05, 0) is 59.3 Å². The van der Waals surface area contributed by atoms with Crippen molar-refractivity contribution in [3.63, 3.8) is 0 Å². The number of aromatic nitrogens is 4. The number of benzene rings is 2. The van der Waals surface area contributed by atoms with E-state index in [-0.39, 0.29) is 24.8 Å². The number of nitrogens with zero attached hydrogens (tertiary/aromatic N) is 4. The summed E-state index contributed by atoms with van der Waals surface area (Å²) in [5.74, 6) is 0.250. The highest BCUT2D eigenvalue weighted by Gasteiger charge is 2.06. The lowest BCUT2D eigenvalue weighted by Crippen LogP contribution is -2.28. The predicted octanol–water partition coefficient (Wildman–Crippen LogP) is 1.36. The summed E-state index contributed by atoms with van der Waals surface area (Å²) in [6.07, 6.45) is 1.75. The summed E-state index contributed by atoms with van der Waals surface area (Å²) in [5.41, 5.74) is 2.34. The lowest BCUT2D eigenvalue weighted by molar-refractivity contribution is -0.123. The number of hydrogen-bond acceptors (Lipinski definition) is 6. The number of amides is 2. The van der Waals surface area contributed by atoms with Gasteiger partial charge in [-0.25, -0.2) is 4.68 Å². The van der Waals surface area contributed by atoms with Crippen LogP contribution in [0.3, 0.4) is 0 Å². The first-order chi connectivity index (χ1) is 13.6. The van der Waals surface area contributed by atoms with Crippen LogP contribution in [0.2, 0.25) is 0 Å². The zero-order valence-corrected chi connectivity index (χ0v) is 15.3. The summed E-state index contributed by atoms with van der Waals surface area (Å²) < 4.78 is 6.92. The Kier molecular flexibility index (Phi) is 6.29. The second-order valence-corrected chi connectivity index (χ2v) is 5.91.